The van der Waals surface area contributed by atoms with E-state index in [9.17, 15) is 8.42 Å². The summed E-state index contributed by atoms with van der Waals surface area (Å²) >= 11 is 0. The smallest absolute Gasteiger partial charge is 0.209 e. The van der Waals surface area contributed by atoms with E-state index >= 15 is 0 Å². The zero-order valence-corrected chi connectivity index (χ0v) is 23.1. The summed E-state index contributed by atoms with van der Waals surface area (Å²) in [6.45, 7) is 9.48. The molecule has 36 heavy (non-hydrogen) atoms. The Bertz CT molecular complexity index is 1290. The molecule has 0 saturated heterocycles. The lowest BCUT2D eigenvalue weighted by Crippen LogP contribution is -2.32. The molecule has 0 atom stereocenters. The molecule has 0 bridgehead atoms. The predicted molar refractivity (Wildman–Crippen MR) is 144 cm³/mol. The number of nitrogens with zero attached hydrogens (tertiary/aromatic N) is 1. The lowest BCUT2D eigenvalue weighted by Gasteiger charge is -2.22. The first kappa shape index (κ1) is 26.6. The summed E-state index contributed by atoms with van der Waals surface area (Å²) in [5.74, 6) is 1.45. The quantitative estimate of drug-likeness (QED) is 0.327. The van der Waals surface area contributed by atoms with Crippen molar-refractivity contribution in [3.8, 4) is 11.5 Å². The number of sulfone groups is 1. The molecule has 0 unspecified atom stereocenters. The second-order valence-corrected chi connectivity index (χ2v) is 12.1. The van der Waals surface area contributed by atoms with Gasteiger partial charge in [-0.25, -0.2) is 8.42 Å². The molecule has 1 fully saturated rings. The Morgan fingerprint density at radius 3 is 2.39 bits per heavy atom. The fourth-order valence-corrected chi connectivity index (χ4v) is 7.22. The highest BCUT2D eigenvalue weighted by molar-refractivity contribution is 7.91. The Hall–Kier alpha value is -2.51. The Kier molecular flexibility index (Phi) is 8.30. The van der Waals surface area contributed by atoms with Crippen LogP contribution in [0.1, 0.15) is 75.0 Å². The van der Waals surface area contributed by atoms with Gasteiger partial charge in [0.15, 0.2) is 0 Å². The minimum absolute atomic E-state index is 0.0465. The number of hydrogen-bond acceptors (Lipinski definition) is 5. The molecule has 7 heteroatoms. The van der Waals surface area contributed by atoms with Gasteiger partial charge in [0.1, 0.15) is 16.4 Å². The Labute approximate surface area is 215 Å². The zero-order chi connectivity index (χ0) is 25.9. The highest BCUT2D eigenvalue weighted by Crippen LogP contribution is 2.39. The molecular weight excluding hydrogens is 472 g/mol. The highest BCUT2D eigenvalue weighted by Gasteiger charge is 2.29. The number of pyridine rings is 1. The van der Waals surface area contributed by atoms with E-state index in [1.165, 1.54) is 32.1 Å². The molecule has 1 aliphatic carbocycles. The van der Waals surface area contributed by atoms with Crippen LogP contribution in [0.15, 0.2) is 46.5 Å². The minimum atomic E-state index is -3.76. The van der Waals surface area contributed by atoms with Gasteiger partial charge in [0.2, 0.25) is 9.84 Å². The summed E-state index contributed by atoms with van der Waals surface area (Å²) in [6, 6.07) is 7.47. The maximum Gasteiger partial charge on any atom is 0.209 e. The van der Waals surface area contributed by atoms with Gasteiger partial charge in [0.25, 0.3) is 0 Å². The van der Waals surface area contributed by atoms with Crippen molar-refractivity contribution in [3.63, 3.8) is 0 Å². The summed E-state index contributed by atoms with van der Waals surface area (Å²) in [7, 11) is -2.14. The average molecular weight is 513 g/mol. The molecule has 2 aromatic heterocycles. The van der Waals surface area contributed by atoms with Crippen molar-refractivity contribution in [3.05, 3.63) is 53.3 Å². The van der Waals surface area contributed by atoms with Gasteiger partial charge in [0, 0.05) is 29.6 Å². The maximum absolute atomic E-state index is 13.9. The van der Waals surface area contributed by atoms with Crippen molar-refractivity contribution in [2.45, 2.75) is 88.0 Å². The van der Waals surface area contributed by atoms with Crippen LogP contribution in [0.5, 0.6) is 11.5 Å². The summed E-state index contributed by atoms with van der Waals surface area (Å²) < 4.78 is 41.3. The van der Waals surface area contributed by atoms with Gasteiger partial charge in [-0.05, 0) is 75.4 Å². The van der Waals surface area contributed by atoms with Crippen LogP contribution >= 0.6 is 0 Å². The maximum atomic E-state index is 13.9. The fraction of sp³-hybridized carbons (Fsp3) is 0.517. The van der Waals surface area contributed by atoms with E-state index in [1.54, 1.807) is 31.4 Å². The van der Waals surface area contributed by atoms with Crippen LogP contribution in [0.2, 0.25) is 0 Å². The second kappa shape index (κ2) is 11.3. The standard InChI is InChI=1S/C29H40N2O4S/c1-20(2)26-19-31-18-21(3)28(34-5)22(4)27(31)29(26)36(32,33)25-14-12-24(13-15-25)35-17-9-16-30-23-10-7-6-8-11-23/h12-15,18-20,23,30H,6-11,16-17H2,1-5H3. The van der Waals surface area contributed by atoms with Crippen molar-refractivity contribution < 1.29 is 17.9 Å². The lowest BCUT2D eigenvalue weighted by molar-refractivity contribution is 0.296. The number of fused-ring (bicyclic) bond motifs is 1. The van der Waals surface area contributed by atoms with Crippen LogP contribution in [0.4, 0.5) is 0 Å². The summed E-state index contributed by atoms with van der Waals surface area (Å²) in [6.07, 6.45) is 11.4. The first-order valence-electron chi connectivity index (χ1n) is 13.1. The predicted octanol–water partition coefficient (Wildman–Crippen LogP) is 6.21. The molecule has 1 saturated carbocycles. The van der Waals surface area contributed by atoms with Crippen molar-refractivity contribution in [2.75, 3.05) is 20.3 Å². The number of benzene rings is 1. The largest absolute Gasteiger partial charge is 0.496 e. The van der Waals surface area contributed by atoms with E-state index in [0.717, 1.165) is 29.7 Å². The molecular formula is C29H40N2O4S. The van der Waals surface area contributed by atoms with Gasteiger partial charge < -0.3 is 19.2 Å². The molecule has 1 N–H and O–H groups in total. The zero-order valence-electron chi connectivity index (χ0n) is 22.3. The average Bonchev–Trinajstić information content (AvgIpc) is 3.26. The van der Waals surface area contributed by atoms with Gasteiger partial charge in [0.05, 0.1) is 24.1 Å². The molecule has 2 heterocycles. The van der Waals surface area contributed by atoms with Crippen LogP contribution in [0.3, 0.4) is 0 Å². The SMILES string of the molecule is COc1c(C)cn2cc(C(C)C)c(S(=O)(=O)c3ccc(OCCCNC4CCCCC4)cc3)c2c1C. The molecule has 0 spiro atoms. The van der Waals surface area contributed by atoms with Crippen LogP contribution in [0, 0.1) is 13.8 Å². The van der Waals surface area contributed by atoms with E-state index in [2.05, 4.69) is 5.32 Å². The van der Waals surface area contributed by atoms with Gasteiger partial charge in [-0.3, -0.25) is 0 Å². The van der Waals surface area contributed by atoms with E-state index in [1.807, 2.05) is 44.5 Å². The number of methoxy groups -OCH3 is 1. The van der Waals surface area contributed by atoms with Gasteiger partial charge >= 0.3 is 0 Å². The van der Waals surface area contributed by atoms with E-state index in [0.29, 0.717) is 34.6 Å². The number of aryl methyl sites for hydroxylation is 2. The van der Waals surface area contributed by atoms with Crippen LogP contribution in [-0.2, 0) is 9.84 Å². The second-order valence-electron chi connectivity index (χ2n) is 10.3. The Balaban J connectivity index is 1.52. The molecule has 0 amide bonds. The normalized spacial score (nSPS) is 15.1. The fourth-order valence-electron chi connectivity index (χ4n) is 5.38. The third kappa shape index (κ3) is 5.42. The van der Waals surface area contributed by atoms with Gasteiger partial charge in [-0.1, -0.05) is 33.1 Å². The molecule has 4 rings (SSSR count). The van der Waals surface area contributed by atoms with Crippen molar-refractivity contribution in [2.24, 2.45) is 0 Å². The monoisotopic (exact) mass is 512 g/mol. The lowest BCUT2D eigenvalue weighted by atomic mass is 9.95. The van der Waals surface area contributed by atoms with Crippen LogP contribution < -0.4 is 14.8 Å². The van der Waals surface area contributed by atoms with Gasteiger partial charge in [-0.2, -0.15) is 0 Å². The van der Waals surface area contributed by atoms with E-state index < -0.39 is 9.84 Å². The van der Waals surface area contributed by atoms with E-state index in [-0.39, 0.29) is 10.8 Å². The molecule has 0 radical (unpaired) electrons. The van der Waals surface area contributed by atoms with Crippen molar-refractivity contribution in [1.29, 1.82) is 0 Å². The van der Waals surface area contributed by atoms with Crippen LogP contribution in [-0.4, -0.2) is 39.1 Å². The van der Waals surface area contributed by atoms with E-state index in [4.69, 9.17) is 9.47 Å². The number of nitrogens with one attached hydrogen (secondary N) is 1. The molecule has 196 valence electrons. The molecule has 3 aromatic rings. The first-order valence-corrected chi connectivity index (χ1v) is 14.6. The first-order chi connectivity index (χ1) is 17.2. The van der Waals surface area contributed by atoms with Crippen LogP contribution in [0.25, 0.3) is 5.52 Å². The number of hydrogen-bond donors (Lipinski definition) is 1. The summed E-state index contributed by atoms with van der Waals surface area (Å²) in [5, 5.41) is 3.63. The number of rotatable bonds is 10. The summed E-state index contributed by atoms with van der Waals surface area (Å²) in [4.78, 5) is 0.624. The highest BCUT2D eigenvalue weighted by atomic mass is 32.2. The van der Waals surface area contributed by atoms with Crippen molar-refractivity contribution >= 4 is 15.4 Å². The topological polar surface area (TPSA) is 69.0 Å². The Morgan fingerprint density at radius 1 is 1.06 bits per heavy atom. The third-order valence-electron chi connectivity index (χ3n) is 7.26. The van der Waals surface area contributed by atoms with Gasteiger partial charge in [-0.15, -0.1) is 0 Å². The van der Waals surface area contributed by atoms with Crippen molar-refractivity contribution in [1.82, 2.24) is 9.72 Å². The summed E-state index contributed by atoms with van der Waals surface area (Å²) in [5.41, 5.74) is 3.26. The number of aromatic nitrogens is 1. The molecule has 0 aliphatic heterocycles. The number of ether oxygens (including phenoxy) is 2. The molecule has 1 aromatic carbocycles. The molecule has 1 aliphatic rings. The minimum Gasteiger partial charge on any atom is -0.496 e. The third-order valence-corrected chi connectivity index (χ3v) is 9.12. The molecule has 6 nitrogen and oxygen atoms in total. The Morgan fingerprint density at radius 2 is 1.75 bits per heavy atom.